The Morgan fingerprint density at radius 3 is 2.31 bits per heavy atom. The predicted molar refractivity (Wildman–Crippen MR) is 121 cm³/mol. The van der Waals surface area contributed by atoms with Gasteiger partial charge in [-0.05, 0) is 26.3 Å². The molecule has 8 nitrogen and oxygen atoms in total. The molecule has 1 saturated heterocycles. The highest BCUT2D eigenvalue weighted by molar-refractivity contribution is 5.95. The minimum Gasteiger partial charge on any atom is -0.496 e. The molecule has 0 unspecified atom stereocenters. The number of nitrogens with zero attached hydrogens (tertiary/aromatic N) is 3. The average molecular weight is 442 g/mol. The molecule has 3 rings (SSSR count). The zero-order valence-electron chi connectivity index (χ0n) is 19.2. The van der Waals surface area contributed by atoms with Crippen molar-refractivity contribution in [2.24, 2.45) is 0 Å². The summed E-state index contributed by atoms with van der Waals surface area (Å²) in [4.78, 5) is 41.5. The molecule has 0 radical (unpaired) electrons. The van der Waals surface area contributed by atoms with Gasteiger partial charge >= 0.3 is 6.09 Å². The highest BCUT2D eigenvalue weighted by Crippen LogP contribution is 2.22. The minimum absolute atomic E-state index is 0.206. The molecule has 1 aromatic heterocycles. The van der Waals surface area contributed by atoms with Gasteiger partial charge in [0.2, 0.25) is 0 Å². The highest BCUT2D eigenvalue weighted by Gasteiger charge is 2.29. The second-order valence-corrected chi connectivity index (χ2v) is 7.70. The molecule has 2 amide bonds. The largest absolute Gasteiger partial charge is 0.496 e. The molecule has 0 atom stereocenters. The van der Waals surface area contributed by atoms with Gasteiger partial charge in [0.15, 0.2) is 5.43 Å². The lowest BCUT2D eigenvalue weighted by Gasteiger charge is -2.34. The fourth-order valence-electron chi connectivity index (χ4n) is 4.12. The summed E-state index contributed by atoms with van der Waals surface area (Å²) in [6.45, 7) is 7.88. The van der Waals surface area contributed by atoms with Crippen molar-refractivity contribution in [3.63, 3.8) is 0 Å². The van der Waals surface area contributed by atoms with E-state index in [0.717, 1.165) is 17.0 Å². The molecule has 2 heterocycles. The molecule has 1 fully saturated rings. The monoisotopic (exact) mass is 441 g/mol. The standard InChI is InChI=1S/C24H31N3O5/c1-5-19-22(23(29)25-11-13-26(14-12-25)24(30)32-6-2)20(28)15-17(3)27(19)16-18-9-7-8-10-21(18)31-4/h7-10,15H,5-6,11-14,16H2,1-4H3. The second-order valence-electron chi connectivity index (χ2n) is 7.70. The summed E-state index contributed by atoms with van der Waals surface area (Å²) >= 11 is 0. The first-order valence-electron chi connectivity index (χ1n) is 11.0. The number of piperazine rings is 1. The molecule has 0 N–H and O–H groups in total. The van der Waals surface area contributed by atoms with E-state index in [1.165, 1.54) is 6.07 Å². The van der Waals surface area contributed by atoms with Crippen LogP contribution in [0, 0.1) is 6.92 Å². The van der Waals surface area contributed by atoms with E-state index in [2.05, 4.69) is 0 Å². The normalized spacial score (nSPS) is 13.8. The van der Waals surface area contributed by atoms with Gasteiger partial charge in [0.1, 0.15) is 11.3 Å². The van der Waals surface area contributed by atoms with Crippen LogP contribution in [0.4, 0.5) is 4.79 Å². The molecule has 1 aliphatic rings. The Labute approximate surface area is 188 Å². The lowest BCUT2D eigenvalue weighted by Crippen LogP contribution is -2.51. The van der Waals surface area contributed by atoms with Gasteiger partial charge < -0.3 is 23.8 Å². The first-order chi connectivity index (χ1) is 15.4. The third-order valence-electron chi connectivity index (χ3n) is 5.79. The van der Waals surface area contributed by atoms with Crippen molar-refractivity contribution < 1.29 is 19.1 Å². The van der Waals surface area contributed by atoms with Crippen LogP contribution in [0.25, 0.3) is 0 Å². The fourth-order valence-corrected chi connectivity index (χ4v) is 4.12. The Kier molecular flexibility index (Phi) is 7.56. The zero-order valence-corrected chi connectivity index (χ0v) is 19.2. The molecule has 32 heavy (non-hydrogen) atoms. The topological polar surface area (TPSA) is 81.1 Å². The highest BCUT2D eigenvalue weighted by atomic mass is 16.6. The van der Waals surface area contributed by atoms with Crippen LogP contribution in [-0.4, -0.2) is 66.3 Å². The lowest BCUT2D eigenvalue weighted by molar-refractivity contribution is 0.0567. The van der Waals surface area contributed by atoms with Crippen LogP contribution >= 0.6 is 0 Å². The third kappa shape index (κ3) is 4.79. The van der Waals surface area contributed by atoms with Crippen molar-refractivity contribution in [1.29, 1.82) is 0 Å². The summed E-state index contributed by atoms with van der Waals surface area (Å²) in [5.41, 5.74) is 2.41. The van der Waals surface area contributed by atoms with Crippen molar-refractivity contribution in [3.8, 4) is 5.75 Å². The number of rotatable bonds is 6. The Balaban J connectivity index is 1.90. The fraction of sp³-hybridized carbons (Fsp3) is 0.458. The van der Waals surface area contributed by atoms with E-state index in [0.29, 0.717) is 51.4 Å². The van der Waals surface area contributed by atoms with Crippen molar-refractivity contribution in [1.82, 2.24) is 14.4 Å². The number of pyridine rings is 1. The van der Waals surface area contributed by atoms with Gasteiger partial charge in [-0.25, -0.2) is 4.79 Å². The first-order valence-corrected chi connectivity index (χ1v) is 11.0. The second kappa shape index (κ2) is 10.3. The van der Waals surface area contributed by atoms with E-state index in [4.69, 9.17) is 9.47 Å². The predicted octanol–water partition coefficient (Wildman–Crippen LogP) is 2.69. The molecule has 172 valence electrons. The molecule has 0 saturated carbocycles. The number of amides is 2. The molecule has 2 aromatic rings. The molecule has 0 aliphatic carbocycles. The number of hydrogen-bond donors (Lipinski definition) is 0. The van der Waals surface area contributed by atoms with E-state index in [9.17, 15) is 14.4 Å². The minimum atomic E-state index is -0.372. The Morgan fingerprint density at radius 2 is 1.69 bits per heavy atom. The molecule has 0 bridgehead atoms. The summed E-state index contributed by atoms with van der Waals surface area (Å²) in [7, 11) is 1.63. The molecule has 1 aromatic carbocycles. The van der Waals surface area contributed by atoms with Crippen molar-refractivity contribution >= 4 is 12.0 Å². The lowest BCUT2D eigenvalue weighted by atomic mass is 10.1. The van der Waals surface area contributed by atoms with Crippen molar-refractivity contribution in [2.45, 2.75) is 33.7 Å². The molecule has 8 heteroatoms. The maximum atomic E-state index is 13.4. The Bertz CT molecular complexity index is 1040. The number of ether oxygens (including phenoxy) is 2. The quantitative estimate of drug-likeness (QED) is 0.689. The van der Waals surface area contributed by atoms with Crippen LogP contribution in [0.1, 0.15) is 41.2 Å². The van der Waals surface area contributed by atoms with Crippen molar-refractivity contribution in [2.75, 3.05) is 39.9 Å². The van der Waals surface area contributed by atoms with Crippen LogP contribution in [0.15, 0.2) is 35.1 Å². The summed E-state index contributed by atoms with van der Waals surface area (Å²) in [6, 6.07) is 9.25. The van der Waals surface area contributed by atoms with Gasteiger partial charge in [0, 0.05) is 49.2 Å². The van der Waals surface area contributed by atoms with E-state index >= 15 is 0 Å². The zero-order chi connectivity index (χ0) is 23.3. The van der Waals surface area contributed by atoms with Gasteiger partial charge in [-0.3, -0.25) is 9.59 Å². The molecular weight excluding hydrogens is 410 g/mol. The third-order valence-corrected chi connectivity index (χ3v) is 5.79. The Morgan fingerprint density at radius 1 is 1.03 bits per heavy atom. The summed E-state index contributed by atoms with van der Waals surface area (Å²) < 4.78 is 12.5. The van der Waals surface area contributed by atoms with Crippen LogP contribution in [0.3, 0.4) is 0 Å². The van der Waals surface area contributed by atoms with Gasteiger partial charge in [-0.2, -0.15) is 0 Å². The SMILES string of the molecule is CCOC(=O)N1CCN(C(=O)c2c(CC)n(Cc3ccccc3OC)c(C)cc2=O)CC1. The van der Waals surface area contributed by atoms with E-state index in [1.807, 2.05) is 42.7 Å². The van der Waals surface area contributed by atoms with Gasteiger partial charge in [-0.1, -0.05) is 25.1 Å². The van der Waals surface area contributed by atoms with Crippen LogP contribution < -0.4 is 10.2 Å². The summed E-state index contributed by atoms with van der Waals surface area (Å²) in [5.74, 6) is 0.472. The number of aryl methyl sites for hydroxylation is 1. The summed E-state index contributed by atoms with van der Waals surface area (Å²) in [5, 5.41) is 0. The van der Waals surface area contributed by atoms with E-state index < -0.39 is 0 Å². The van der Waals surface area contributed by atoms with E-state index in [1.54, 1.807) is 23.8 Å². The maximum Gasteiger partial charge on any atom is 0.409 e. The number of hydrogen-bond acceptors (Lipinski definition) is 5. The number of carbonyl (C=O) groups is 2. The van der Waals surface area contributed by atoms with E-state index in [-0.39, 0.29) is 23.0 Å². The van der Waals surface area contributed by atoms with Crippen LogP contribution in [-0.2, 0) is 17.7 Å². The smallest absolute Gasteiger partial charge is 0.409 e. The molecule has 1 aliphatic heterocycles. The van der Waals surface area contributed by atoms with Gasteiger partial charge in [0.05, 0.1) is 20.3 Å². The van der Waals surface area contributed by atoms with Crippen LogP contribution in [0.2, 0.25) is 0 Å². The van der Waals surface area contributed by atoms with Crippen LogP contribution in [0.5, 0.6) is 5.75 Å². The number of benzene rings is 1. The van der Waals surface area contributed by atoms with Crippen molar-refractivity contribution in [3.05, 3.63) is 63.1 Å². The maximum absolute atomic E-state index is 13.4. The molecular formula is C24H31N3O5. The average Bonchev–Trinajstić information content (AvgIpc) is 2.80. The molecule has 0 spiro atoms. The van der Waals surface area contributed by atoms with Gasteiger partial charge in [-0.15, -0.1) is 0 Å². The number of carbonyl (C=O) groups excluding carboxylic acids is 2. The first kappa shape index (κ1) is 23.4. The summed E-state index contributed by atoms with van der Waals surface area (Å²) in [6.07, 6.45) is 0.166. The van der Waals surface area contributed by atoms with Gasteiger partial charge in [0.25, 0.3) is 5.91 Å². The number of para-hydroxylation sites is 1. The Hall–Kier alpha value is -3.29. The number of methoxy groups -OCH3 is 1. The number of aromatic nitrogens is 1.